The maximum Gasteiger partial charge on any atom is 0.410 e. The summed E-state index contributed by atoms with van der Waals surface area (Å²) < 4.78 is 10.8. The van der Waals surface area contributed by atoms with Crippen LogP contribution in [0.1, 0.15) is 42.7 Å². The smallest absolute Gasteiger partial charge is 0.410 e. The van der Waals surface area contributed by atoms with Crippen molar-refractivity contribution in [1.29, 1.82) is 0 Å². The van der Waals surface area contributed by atoms with Crippen molar-refractivity contribution in [3.05, 3.63) is 34.8 Å². The lowest BCUT2D eigenvalue weighted by atomic mass is 9.97. The number of carbonyl (C=O) groups excluding carboxylic acids is 2. The van der Waals surface area contributed by atoms with E-state index >= 15 is 0 Å². The molecule has 4 heterocycles. The van der Waals surface area contributed by atoms with Crippen LogP contribution in [-0.2, 0) is 11.2 Å². The van der Waals surface area contributed by atoms with Crippen molar-refractivity contribution >= 4 is 23.3 Å². The molecule has 8 heteroatoms. The minimum absolute atomic E-state index is 0.0382. The van der Waals surface area contributed by atoms with E-state index in [0.29, 0.717) is 25.4 Å². The molecule has 5 rings (SSSR count). The van der Waals surface area contributed by atoms with Crippen LogP contribution in [-0.4, -0.2) is 64.7 Å². The summed E-state index contributed by atoms with van der Waals surface area (Å²) in [7, 11) is 0. The highest BCUT2D eigenvalue weighted by atomic mass is 32.1. The van der Waals surface area contributed by atoms with Gasteiger partial charge in [-0.25, -0.2) is 9.78 Å². The third-order valence-corrected chi connectivity index (χ3v) is 7.07. The molecular weight excluding hydrogens is 402 g/mol. The Morgan fingerprint density at radius 2 is 2.03 bits per heavy atom. The number of likely N-dealkylation sites (tertiary alicyclic amines) is 1. The Hall–Kier alpha value is -2.61. The number of carbonyl (C=O) groups is 2. The topological polar surface area (TPSA) is 72.0 Å². The van der Waals surface area contributed by atoms with Crippen LogP contribution >= 0.6 is 11.3 Å². The molecule has 0 atom stereocenters. The molecule has 2 saturated heterocycles. The normalized spacial score (nSPS) is 20.8. The average molecular weight is 428 g/mol. The molecule has 1 aromatic carbocycles. The Labute approximate surface area is 179 Å². The van der Waals surface area contributed by atoms with Gasteiger partial charge in [-0.2, -0.15) is 0 Å². The molecule has 0 saturated carbocycles. The van der Waals surface area contributed by atoms with Crippen LogP contribution in [0.5, 0.6) is 5.75 Å². The number of benzene rings is 1. The van der Waals surface area contributed by atoms with E-state index < -0.39 is 0 Å². The summed E-state index contributed by atoms with van der Waals surface area (Å²) >= 11 is 1.49. The highest BCUT2D eigenvalue weighted by molar-refractivity contribution is 7.13. The predicted molar refractivity (Wildman–Crippen MR) is 113 cm³/mol. The summed E-state index contributed by atoms with van der Waals surface area (Å²) in [5.41, 5.74) is 2.42. The lowest BCUT2D eigenvalue weighted by Crippen LogP contribution is -2.53. The number of piperidine rings is 1. The van der Waals surface area contributed by atoms with Crippen LogP contribution in [0.4, 0.5) is 4.79 Å². The number of aromatic nitrogens is 1. The molecule has 0 radical (unpaired) electrons. The zero-order valence-electron chi connectivity index (χ0n) is 17.2. The van der Waals surface area contributed by atoms with Gasteiger partial charge in [-0.1, -0.05) is 0 Å². The number of thiazole rings is 1. The van der Waals surface area contributed by atoms with Gasteiger partial charge in [-0.3, -0.25) is 9.69 Å². The van der Waals surface area contributed by atoms with Crippen molar-refractivity contribution in [3.8, 4) is 16.3 Å². The zero-order chi connectivity index (χ0) is 20.9. The first-order chi connectivity index (χ1) is 14.4. The monoisotopic (exact) mass is 427 g/mol. The Morgan fingerprint density at radius 1 is 1.23 bits per heavy atom. The molecule has 7 nitrogen and oxygen atoms in total. The van der Waals surface area contributed by atoms with E-state index in [2.05, 4.69) is 11.1 Å². The summed E-state index contributed by atoms with van der Waals surface area (Å²) in [6.45, 7) is 6.43. The first kappa shape index (κ1) is 19.4. The number of cyclic esters (lactones) is 1. The molecule has 1 aromatic heterocycles. The molecule has 0 aliphatic carbocycles. The fourth-order valence-electron chi connectivity index (χ4n) is 4.58. The van der Waals surface area contributed by atoms with Gasteiger partial charge >= 0.3 is 6.09 Å². The largest absolute Gasteiger partial charge is 0.493 e. The van der Waals surface area contributed by atoms with Crippen LogP contribution in [0.15, 0.2) is 23.6 Å². The summed E-state index contributed by atoms with van der Waals surface area (Å²) in [6, 6.07) is 6.20. The molecule has 0 unspecified atom stereocenters. The van der Waals surface area contributed by atoms with E-state index in [9.17, 15) is 9.59 Å². The van der Waals surface area contributed by atoms with Crippen LogP contribution in [0.3, 0.4) is 0 Å². The van der Waals surface area contributed by atoms with Crippen molar-refractivity contribution in [1.82, 2.24) is 14.8 Å². The second-order valence-corrected chi connectivity index (χ2v) is 9.58. The second-order valence-electron chi connectivity index (χ2n) is 8.72. The highest BCUT2D eigenvalue weighted by Gasteiger charge is 2.45. The molecule has 2 amide bonds. The molecule has 30 heavy (non-hydrogen) atoms. The van der Waals surface area contributed by atoms with Gasteiger partial charge in [0.2, 0.25) is 0 Å². The van der Waals surface area contributed by atoms with E-state index in [1.807, 2.05) is 41.2 Å². The molecule has 2 aromatic rings. The summed E-state index contributed by atoms with van der Waals surface area (Å²) in [4.78, 5) is 33.5. The first-order valence-corrected chi connectivity index (χ1v) is 11.3. The number of rotatable bonds is 3. The zero-order valence-corrected chi connectivity index (χ0v) is 18.0. The van der Waals surface area contributed by atoms with Crippen LogP contribution in [0, 0.1) is 0 Å². The number of ether oxygens (including phenoxy) is 2. The Morgan fingerprint density at radius 3 is 2.77 bits per heavy atom. The average Bonchev–Trinajstić information content (AvgIpc) is 3.46. The van der Waals surface area contributed by atoms with E-state index in [4.69, 9.17) is 9.47 Å². The maximum absolute atomic E-state index is 13.0. The van der Waals surface area contributed by atoms with Crippen molar-refractivity contribution in [2.45, 2.75) is 44.7 Å². The van der Waals surface area contributed by atoms with Crippen LogP contribution < -0.4 is 4.74 Å². The minimum Gasteiger partial charge on any atom is -0.493 e. The number of hydrogen-bond acceptors (Lipinski definition) is 6. The van der Waals surface area contributed by atoms with Gasteiger partial charge in [-0.15, -0.1) is 11.3 Å². The van der Waals surface area contributed by atoms with Gasteiger partial charge in [0, 0.05) is 36.5 Å². The quantitative estimate of drug-likeness (QED) is 0.749. The van der Waals surface area contributed by atoms with E-state index in [1.165, 1.54) is 16.9 Å². The fourth-order valence-corrected chi connectivity index (χ4v) is 5.37. The van der Waals surface area contributed by atoms with Crippen molar-refractivity contribution in [2.24, 2.45) is 0 Å². The Balaban J connectivity index is 1.25. The molecular formula is C22H25N3O4S. The second kappa shape index (κ2) is 7.27. The van der Waals surface area contributed by atoms with Crippen molar-refractivity contribution < 1.29 is 19.1 Å². The van der Waals surface area contributed by atoms with E-state index in [1.54, 1.807) is 0 Å². The third kappa shape index (κ3) is 3.33. The Kier molecular flexibility index (Phi) is 4.69. The Bertz CT molecular complexity index is 994. The molecule has 0 N–H and O–H groups in total. The summed E-state index contributed by atoms with van der Waals surface area (Å²) in [5.74, 6) is 0.906. The van der Waals surface area contributed by atoms with Gasteiger partial charge in [0.05, 0.1) is 12.1 Å². The lowest BCUT2D eigenvalue weighted by molar-refractivity contribution is 0.0585. The highest BCUT2D eigenvalue weighted by Crippen LogP contribution is 2.33. The van der Waals surface area contributed by atoms with Gasteiger partial charge in [0.25, 0.3) is 5.91 Å². The van der Waals surface area contributed by atoms with Crippen molar-refractivity contribution in [2.75, 3.05) is 26.3 Å². The number of fused-ring (bicyclic) bond motifs is 1. The van der Waals surface area contributed by atoms with Crippen LogP contribution in [0.2, 0.25) is 0 Å². The lowest BCUT2D eigenvalue weighted by Gasteiger charge is -2.40. The molecule has 0 bridgehead atoms. The SMILES string of the molecule is CC1(C)COC(=O)N1C1CCN(C(=O)c2csc(-c3ccc4c(c3)CCO4)n2)CC1. The van der Waals surface area contributed by atoms with Gasteiger partial charge in [-0.05, 0) is 50.5 Å². The number of hydrogen-bond donors (Lipinski definition) is 0. The number of amides is 2. The van der Waals surface area contributed by atoms with Crippen molar-refractivity contribution in [3.63, 3.8) is 0 Å². The van der Waals surface area contributed by atoms with E-state index in [-0.39, 0.29) is 23.6 Å². The van der Waals surface area contributed by atoms with Gasteiger partial charge in [0.1, 0.15) is 23.1 Å². The minimum atomic E-state index is -0.293. The standard InChI is InChI=1S/C22H25N3O4S/c1-22(2)13-29-21(27)25(22)16-5-8-24(9-6-16)20(26)17-12-30-19(23-17)15-3-4-18-14(11-15)7-10-28-18/h3-4,11-12,16H,5-10,13H2,1-2H3. The summed E-state index contributed by atoms with van der Waals surface area (Å²) in [6.07, 6.45) is 2.18. The molecule has 158 valence electrons. The molecule has 0 spiro atoms. The number of nitrogens with zero attached hydrogens (tertiary/aromatic N) is 3. The molecule has 3 aliphatic rings. The van der Waals surface area contributed by atoms with Gasteiger partial charge < -0.3 is 14.4 Å². The third-order valence-electron chi connectivity index (χ3n) is 6.17. The fraction of sp³-hybridized carbons (Fsp3) is 0.500. The van der Waals surface area contributed by atoms with Gasteiger partial charge in [0.15, 0.2) is 0 Å². The molecule has 2 fully saturated rings. The van der Waals surface area contributed by atoms with E-state index in [0.717, 1.165) is 42.2 Å². The first-order valence-electron chi connectivity index (χ1n) is 10.4. The predicted octanol–water partition coefficient (Wildman–Crippen LogP) is 3.58. The molecule has 3 aliphatic heterocycles. The summed E-state index contributed by atoms with van der Waals surface area (Å²) in [5, 5.41) is 2.69. The maximum atomic E-state index is 13.0. The van der Waals surface area contributed by atoms with Crippen LogP contribution in [0.25, 0.3) is 10.6 Å².